The number of benzene rings is 1. The lowest BCUT2D eigenvalue weighted by atomic mass is 9.65. The van der Waals surface area contributed by atoms with E-state index in [-0.39, 0.29) is 29.5 Å². The Morgan fingerprint density at radius 2 is 1.68 bits per heavy atom. The van der Waals surface area contributed by atoms with Crippen LogP contribution in [0.25, 0.3) is 0 Å². The zero-order chi connectivity index (χ0) is 19.5. The molecule has 0 atom stereocenters. The van der Waals surface area contributed by atoms with E-state index in [0.717, 1.165) is 51.9 Å². The minimum absolute atomic E-state index is 0. The van der Waals surface area contributed by atoms with E-state index in [4.69, 9.17) is 9.73 Å². The number of guanidine groups is 1. The van der Waals surface area contributed by atoms with Crippen molar-refractivity contribution in [3.05, 3.63) is 35.4 Å². The van der Waals surface area contributed by atoms with Crippen LogP contribution in [-0.2, 0) is 17.8 Å². The molecule has 0 saturated carbocycles. The van der Waals surface area contributed by atoms with Crippen LogP contribution in [0.5, 0.6) is 0 Å². The molecule has 0 amide bonds. The molecule has 5 nitrogen and oxygen atoms in total. The summed E-state index contributed by atoms with van der Waals surface area (Å²) in [5.74, 6) is 1.03. The van der Waals surface area contributed by atoms with Crippen molar-refractivity contribution < 1.29 is 4.74 Å². The van der Waals surface area contributed by atoms with Gasteiger partial charge in [0.15, 0.2) is 5.96 Å². The SMILES string of the molecule is CCNC(=NCc1ccc(CN2CCOCC2)cc1)N1CC(C)(C)C1(C)C.I. The predicted molar refractivity (Wildman–Crippen MR) is 127 cm³/mol. The molecule has 2 saturated heterocycles. The molecule has 1 aromatic carbocycles. The van der Waals surface area contributed by atoms with Crippen LogP contribution in [0.4, 0.5) is 0 Å². The topological polar surface area (TPSA) is 40.1 Å². The van der Waals surface area contributed by atoms with Crippen molar-refractivity contribution in [2.45, 2.75) is 53.2 Å². The molecule has 0 aliphatic carbocycles. The standard InChI is InChI=1S/C22H36N4O.HI/c1-6-23-20(26-17-21(2,3)22(26,4)5)24-15-18-7-9-19(10-8-18)16-25-11-13-27-14-12-25;/h7-10H,6,11-17H2,1-5H3,(H,23,24);1H. The fourth-order valence-corrected chi connectivity index (χ4v) is 3.73. The Bertz CT molecular complexity index is 651. The first-order valence-electron chi connectivity index (χ1n) is 10.3. The summed E-state index contributed by atoms with van der Waals surface area (Å²) in [7, 11) is 0. The first-order chi connectivity index (χ1) is 12.8. The second-order valence-corrected chi connectivity index (χ2v) is 8.90. The molecule has 2 aliphatic rings. The van der Waals surface area contributed by atoms with E-state index in [1.165, 1.54) is 11.1 Å². The molecule has 158 valence electrons. The minimum Gasteiger partial charge on any atom is -0.379 e. The molecule has 2 fully saturated rings. The number of morpholine rings is 1. The Balaban J connectivity index is 0.00000280. The quantitative estimate of drug-likeness (QED) is 0.380. The second-order valence-electron chi connectivity index (χ2n) is 8.90. The van der Waals surface area contributed by atoms with Crippen LogP contribution in [0.15, 0.2) is 29.3 Å². The maximum Gasteiger partial charge on any atom is 0.194 e. The van der Waals surface area contributed by atoms with E-state index in [9.17, 15) is 0 Å². The van der Waals surface area contributed by atoms with E-state index < -0.39 is 0 Å². The number of likely N-dealkylation sites (tertiary alicyclic amines) is 1. The molecule has 0 aromatic heterocycles. The predicted octanol–water partition coefficient (Wildman–Crippen LogP) is 3.72. The van der Waals surface area contributed by atoms with E-state index in [1.54, 1.807) is 0 Å². The maximum absolute atomic E-state index is 5.43. The van der Waals surface area contributed by atoms with E-state index in [1.807, 2.05) is 0 Å². The Labute approximate surface area is 187 Å². The van der Waals surface area contributed by atoms with Gasteiger partial charge in [0, 0.05) is 43.7 Å². The Morgan fingerprint density at radius 3 is 2.21 bits per heavy atom. The number of hydrogen-bond donors (Lipinski definition) is 1. The molecular weight excluding hydrogens is 463 g/mol. The number of nitrogens with zero attached hydrogens (tertiary/aromatic N) is 3. The van der Waals surface area contributed by atoms with Crippen molar-refractivity contribution in [3.63, 3.8) is 0 Å². The summed E-state index contributed by atoms with van der Waals surface area (Å²) < 4.78 is 5.43. The fraction of sp³-hybridized carbons (Fsp3) is 0.682. The van der Waals surface area contributed by atoms with Crippen LogP contribution in [0.1, 0.15) is 45.7 Å². The number of nitrogens with one attached hydrogen (secondary N) is 1. The second kappa shape index (κ2) is 9.76. The number of halogens is 1. The first-order valence-corrected chi connectivity index (χ1v) is 10.3. The maximum atomic E-state index is 5.43. The molecule has 28 heavy (non-hydrogen) atoms. The lowest BCUT2D eigenvalue weighted by Gasteiger charge is -2.62. The van der Waals surface area contributed by atoms with Crippen LogP contribution >= 0.6 is 24.0 Å². The summed E-state index contributed by atoms with van der Waals surface area (Å²) >= 11 is 0. The highest BCUT2D eigenvalue weighted by Crippen LogP contribution is 2.46. The average Bonchev–Trinajstić information content (AvgIpc) is 2.65. The summed E-state index contributed by atoms with van der Waals surface area (Å²) in [5, 5.41) is 3.47. The highest BCUT2D eigenvalue weighted by molar-refractivity contribution is 14.0. The lowest BCUT2D eigenvalue weighted by Crippen LogP contribution is -2.72. The smallest absolute Gasteiger partial charge is 0.194 e. The minimum atomic E-state index is 0. The molecule has 0 radical (unpaired) electrons. The van der Waals surface area contributed by atoms with Crippen molar-refractivity contribution in [1.82, 2.24) is 15.1 Å². The lowest BCUT2D eigenvalue weighted by molar-refractivity contribution is -0.0667. The normalized spacial score (nSPS) is 21.6. The van der Waals surface area contributed by atoms with Crippen molar-refractivity contribution in [2.24, 2.45) is 10.4 Å². The third-order valence-corrected chi connectivity index (χ3v) is 6.42. The molecule has 3 rings (SSSR count). The van der Waals surface area contributed by atoms with E-state index in [2.05, 4.69) is 74.0 Å². The molecule has 1 aromatic rings. The van der Waals surface area contributed by atoms with Gasteiger partial charge in [-0.25, -0.2) is 4.99 Å². The van der Waals surface area contributed by atoms with Gasteiger partial charge in [-0.15, -0.1) is 24.0 Å². The highest BCUT2D eigenvalue weighted by atomic mass is 127. The van der Waals surface area contributed by atoms with Gasteiger partial charge in [-0.1, -0.05) is 38.1 Å². The zero-order valence-corrected chi connectivity index (χ0v) is 20.5. The third kappa shape index (κ3) is 5.19. The van der Waals surface area contributed by atoms with Gasteiger partial charge in [-0.3, -0.25) is 4.90 Å². The highest BCUT2D eigenvalue weighted by Gasteiger charge is 2.53. The van der Waals surface area contributed by atoms with Crippen LogP contribution in [-0.4, -0.2) is 60.7 Å². The zero-order valence-electron chi connectivity index (χ0n) is 18.1. The van der Waals surface area contributed by atoms with Crippen molar-refractivity contribution in [1.29, 1.82) is 0 Å². The van der Waals surface area contributed by atoms with Gasteiger partial charge in [-0.05, 0) is 31.9 Å². The van der Waals surface area contributed by atoms with Gasteiger partial charge in [0.1, 0.15) is 0 Å². The van der Waals surface area contributed by atoms with Crippen LogP contribution < -0.4 is 5.32 Å². The average molecular weight is 500 g/mol. The van der Waals surface area contributed by atoms with Gasteiger partial charge in [0.25, 0.3) is 0 Å². The summed E-state index contributed by atoms with van der Waals surface area (Å²) in [6.45, 7) is 18.8. The van der Waals surface area contributed by atoms with Crippen molar-refractivity contribution in [3.8, 4) is 0 Å². The third-order valence-electron chi connectivity index (χ3n) is 6.42. The van der Waals surface area contributed by atoms with Gasteiger partial charge in [-0.2, -0.15) is 0 Å². The Hall–Kier alpha value is -0.860. The number of hydrogen-bond acceptors (Lipinski definition) is 3. The summed E-state index contributed by atoms with van der Waals surface area (Å²) in [6.07, 6.45) is 0. The van der Waals surface area contributed by atoms with E-state index >= 15 is 0 Å². The van der Waals surface area contributed by atoms with Gasteiger partial charge < -0.3 is 15.0 Å². The largest absolute Gasteiger partial charge is 0.379 e. The van der Waals surface area contributed by atoms with Crippen LogP contribution in [0.3, 0.4) is 0 Å². The molecule has 2 aliphatic heterocycles. The van der Waals surface area contributed by atoms with Crippen molar-refractivity contribution in [2.75, 3.05) is 39.4 Å². The molecule has 1 N–H and O–H groups in total. The van der Waals surface area contributed by atoms with Gasteiger partial charge in [0.05, 0.1) is 19.8 Å². The summed E-state index contributed by atoms with van der Waals surface area (Å²) in [4.78, 5) is 9.77. The molecular formula is C22H37IN4O. The van der Waals surface area contributed by atoms with Gasteiger partial charge in [0.2, 0.25) is 0 Å². The van der Waals surface area contributed by atoms with Crippen molar-refractivity contribution >= 4 is 29.9 Å². The Kier molecular flexibility index (Phi) is 8.16. The van der Waals surface area contributed by atoms with Crippen LogP contribution in [0.2, 0.25) is 0 Å². The molecule has 2 heterocycles. The first kappa shape index (κ1) is 23.4. The number of ether oxygens (including phenoxy) is 1. The number of aliphatic imine (C=N–C) groups is 1. The monoisotopic (exact) mass is 500 g/mol. The summed E-state index contributed by atoms with van der Waals surface area (Å²) in [5.41, 5.74) is 3.05. The molecule has 0 bridgehead atoms. The van der Waals surface area contributed by atoms with E-state index in [0.29, 0.717) is 12.0 Å². The summed E-state index contributed by atoms with van der Waals surface area (Å²) in [6, 6.07) is 8.91. The van der Waals surface area contributed by atoms with Gasteiger partial charge >= 0.3 is 0 Å². The number of rotatable bonds is 5. The molecule has 0 spiro atoms. The molecule has 0 unspecified atom stereocenters. The molecule has 6 heteroatoms. The fourth-order valence-electron chi connectivity index (χ4n) is 3.73. The Morgan fingerprint density at radius 1 is 1.07 bits per heavy atom. The van der Waals surface area contributed by atoms with Crippen LogP contribution in [0, 0.1) is 5.41 Å².